The summed E-state index contributed by atoms with van der Waals surface area (Å²) in [6.45, 7) is 0. The second kappa shape index (κ2) is 4.70. The molecule has 0 heterocycles. The molecule has 9 heavy (non-hydrogen) atoms. The van der Waals surface area contributed by atoms with Crippen LogP contribution in [0.2, 0.25) is 0 Å². The van der Waals surface area contributed by atoms with Gasteiger partial charge in [-0.15, -0.1) is 0 Å². The number of aldehydes is 1. The summed E-state index contributed by atoms with van der Waals surface area (Å²) in [4.78, 5) is 22.6. The van der Waals surface area contributed by atoms with Gasteiger partial charge in [0.25, 0.3) is 0 Å². The predicted octanol–water partition coefficient (Wildman–Crippen LogP) is -0.109. The quantitative estimate of drug-likeness (QED) is 0.318. The van der Waals surface area contributed by atoms with Crippen LogP contribution >= 0.6 is 0 Å². The Balaban J connectivity index is 3.59. The Morgan fingerprint density at radius 3 is 2.56 bits per heavy atom. The summed E-state index contributed by atoms with van der Waals surface area (Å²) in [5.74, 6) is 0. The first kappa shape index (κ1) is 7.55. The summed E-state index contributed by atoms with van der Waals surface area (Å²) in [5, 5.41) is 0. The first-order valence-corrected chi connectivity index (χ1v) is 2.21. The van der Waals surface area contributed by atoms with Gasteiger partial charge in [-0.2, -0.15) is 0 Å². The Hall–Kier alpha value is -1.45. The van der Waals surface area contributed by atoms with Gasteiger partial charge in [-0.1, -0.05) is 0 Å². The van der Waals surface area contributed by atoms with Gasteiger partial charge in [0.15, 0.2) is 0 Å². The van der Waals surface area contributed by atoms with E-state index in [-0.39, 0.29) is 0 Å². The number of nitrogens with two attached hydrogens (primary N) is 1. The largest absolute Gasteiger partial charge is 0.350 e. The van der Waals surface area contributed by atoms with Crippen LogP contribution in [0.15, 0.2) is 17.1 Å². The van der Waals surface area contributed by atoms with E-state index in [1.54, 1.807) is 0 Å². The van der Waals surface area contributed by atoms with Gasteiger partial charge in [0.05, 0.1) is 0 Å². The average Bonchev–Trinajstić information content (AvgIpc) is 1.80. The second-order valence-electron chi connectivity index (χ2n) is 1.14. The maximum Gasteiger partial charge on any atom is 0.338 e. The van der Waals surface area contributed by atoms with E-state index in [0.717, 1.165) is 6.21 Å². The van der Waals surface area contributed by atoms with Crippen LogP contribution in [0, 0.1) is 0 Å². The van der Waals surface area contributed by atoms with Crippen LogP contribution < -0.4 is 5.73 Å². The summed E-state index contributed by atoms with van der Waals surface area (Å²) in [6.07, 6.45) is 4.24. The van der Waals surface area contributed by atoms with Crippen molar-refractivity contribution in [1.82, 2.24) is 0 Å². The number of hydrogen-bond donors (Lipinski definition) is 1. The minimum Gasteiger partial charge on any atom is -0.350 e. The molecule has 0 aromatic rings. The van der Waals surface area contributed by atoms with Crippen LogP contribution in [0.3, 0.4) is 0 Å². The topological polar surface area (TPSA) is 72.5 Å². The summed E-state index contributed by atoms with van der Waals surface area (Å²) >= 11 is 0. The van der Waals surface area contributed by atoms with Gasteiger partial charge in [0.2, 0.25) is 0 Å². The minimum absolute atomic E-state index is 0.576. The number of nitrogens with zero attached hydrogens (tertiary/aromatic N) is 1. The van der Waals surface area contributed by atoms with E-state index in [0.29, 0.717) is 6.29 Å². The zero-order valence-corrected chi connectivity index (χ0v) is 4.65. The molecule has 2 N–H and O–H groups in total. The molecule has 4 heteroatoms. The number of hydrogen-bond acceptors (Lipinski definition) is 2. The Morgan fingerprint density at radius 1 is 1.44 bits per heavy atom. The van der Waals surface area contributed by atoms with E-state index < -0.39 is 6.03 Å². The van der Waals surface area contributed by atoms with Gasteiger partial charge in [-0.05, 0) is 12.2 Å². The van der Waals surface area contributed by atoms with Gasteiger partial charge in [0.1, 0.15) is 6.29 Å². The minimum atomic E-state index is -0.773. The summed E-state index contributed by atoms with van der Waals surface area (Å²) in [7, 11) is 0. The van der Waals surface area contributed by atoms with Crippen LogP contribution in [0.25, 0.3) is 0 Å². The molecule has 0 aliphatic heterocycles. The molecule has 0 saturated heterocycles. The van der Waals surface area contributed by atoms with E-state index in [1.807, 2.05) is 0 Å². The number of carbonyl (C=O) groups excluding carboxylic acids is 2. The van der Waals surface area contributed by atoms with Crippen LogP contribution in [0.1, 0.15) is 0 Å². The molecule has 0 saturated carbocycles. The normalized spacial score (nSPS) is 10.7. The molecule has 0 aliphatic rings. The number of urea groups is 1. The number of primary amides is 1. The maximum absolute atomic E-state index is 9.86. The fourth-order valence-electron chi connectivity index (χ4n) is 0.212. The lowest BCUT2D eigenvalue weighted by Crippen LogP contribution is -2.03. The third-order valence-corrected chi connectivity index (χ3v) is 0.478. The van der Waals surface area contributed by atoms with Gasteiger partial charge in [-0.25, -0.2) is 9.79 Å². The molecule has 48 valence electrons. The lowest BCUT2D eigenvalue weighted by molar-refractivity contribution is -0.104. The molecule has 0 atom stereocenters. The molecule has 0 aliphatic carbocycles. The van der Waals surface area contributed by atoms with E-state index in [4.69, 9.17) is 0 Å². The Labute approximate surface area is 52.1 Å². The highest BCUT2D eigenvalue weighted by Gasteiger charge is 1.76. The number of carbonyl (C=O) groups is 2. The van der Waals surface area contributed by atoms with E-state index in [2.05, 4.69) is 10.7 Å². The van der Waals surface area contributed by atoms with Crippen LogP contribution in [-0.2, 0) is 4.79 Å². The van der Waals surface area contributed by atoms with Crippen molar-refractivity contribution < 1.29 is 9.59 Å². The van der Waals surface area contributed by atoms with Gasteiger partial charge in [0, 0.05) is 6.21 Å². The smallest absolute Gasteiger partial charge is 0.338 e. The van der Waals surface area contributed by atoms with E-state index in [9.17, 15) is 9.59 Å². The Kier molecular flexibility index (Phi) is 3.95. The summed E-state index contributed by atoms with van der Waals surface area (Å²) in [5.41, 5.74) is 4.62. The molecular weight excluding hydrogens is 120 g/mol. The Bertz CT molecular complexity index is 160. The molecule has 0 unspecified atom stereocenters. The van der Waals surface area contributed by atoms with Gasteiger partial charge >= 0.3 is 6.03 Å². The first-order valence-electron chi connectivity index (χ1n) is 2.21. The SMILES string of the molecule is NC(=O)N=CC=CC=O. The zero-order chi connectivity index (χ0) is 7.11. The molecular formula is C5H6N2O2. The van der Waals surface area contributed by atoms with Crippen molar-refractivity contribution in [1.29, 1.82) is 0 Å². The average molecular weight is 126 g/mol. The predicted molar refractivity (Wildman–Crippen MR) is 33.3 cm³/mol. The van der Waals surface area contributed by atoms with E-state index >= 15 is 0 Å². The molecule has 0 bridgehead atoms. The third-order valence-electron chi connectivity index (χ3n) is 0.478. The number of amides is 2. The van der Waals surface area contributed by atoms with Crippen molar-refractivity contribution in [2.75, 3.05) is 0 Å². The van der Waals surface area contributed by atoms with Crippen molar-refractivity contribution in [3.05, 3.63) is 12.2 Å². The highest BCUT2D eigenvalue weighted by atomic mass is 16.2. The molecule has 2 amide bonds. The standard InChI is InChI=1S/C5H6N2O2/c6-5(9)7-3-1-2-4-8/h1-4H,(H2,6,9). The van der Waals surface area contributed by atoms with Crippen LogP contribution in [0.5, 0.6) is 0 Å². The summed E-state index contributed by atoms with van der Waals surface area (Å²) in [6, 6.07) is -0.773. The highest BCUT2D eigenvalue weighted by molar-refractivity contribution is 5.88. The van der Waals surface area contributed by atoms with Gasteiger partial charge < -0.3 is 5.73 Å². The molecule has 0 radical (unpaired) electrons. The molecule has 0 aromatic heterocycles. The molecule has 0 spiro atoms. The second-order valence-corrected chi connectivity index (χ2v) is 1.14. The third kappa shape index (κ3) is 6.55. The van der Waals surface area contributed by atoms with Crippen LogP contribution in [0.4, 0.5) is 4.79 Å². The highest BCUT2D eigenvalue weighted by Crippen LogP contribution is 1.66. The fraction of sp³-hybridized carbons (Fsp3) is 0. The maximum atomic E-state index is 9.86. The van der Waals surface area contributed by atoms with Crippen molar-refractivity contribution in [3.8, 4) is 0 Å². The van der Waals surface area contributed by atoms with Crippen molar-refractivity contribution in [2.24, 2.45) is 10.7 Å². The van der Waals surface area contributed by atoms with Crippen molar-refractivity contribution >= 4 is 18.5 Å². The van der Waals surface area contributed by atoms with Gasteiger partial charge in [-0.3, -0.25) is 4.79 Å². The fourth-order valence-corrected chi connectivity index (χ4v) is 0.212. The number of allylic oxidation sites excluding steroid dienone is 2. The van der Waals surface area contributed by atoms with Crippen molar-refractivity contribution in [3.63, 3.8) is 0 Å². The lowest BCUT2D eigenvalue weighted by atomic mass is 10.5. The zero-order valence-electron chi connectivity index (χ0n) is 4.65. The van der Waals surface area contributed by atoms with Crippen LogP contribution in [-0.4, -0.2) is 18.5 Å². The van der Waals surface area contributed by atoms with Crippen molar-refractivity contribution in [2.45, 2.75) is 0 Å². The molecule has 0 rings (SSSR count). The lowest BCUT2D eigenvalue weighted by Gasteiger charge is -1.73. The molecule has 0 aromatic carbocycles. The summed E-state index contributed by atoms with van der Waals surface area (Å²) < 4.78 is 0. The monoisotopic (exact) mass is 126 g/mol. The molecule has 0 fully saturated rings. The van der Waals surface area contributed by atoms with E-state index in [1.165, 1.54) is 12.2 Å². The first-order chi connectivity index (χ1) is 4.27. The molecule has 4 nitrogen and oxygen atoms in total. The number of aliphatic imine (C=N–C) groups is 1. The Morgan fingerprint density at radius 2 is 2.11 bits per heavy atom. The number of rotatable bonds is 2.